The molecule has 20 heavy (non-hydrogen) atoms. The fourth-order valence-electron chi connectivity index (χ4n) is 2.59. The Morgan fingerprint density at radius 1 is 1.40 bits per heavy atom. The van der Waals surface area contributed by atoms with E-state index >= 15 is 0 Å². The number of primary sulfonamides is 1. The molecule has 0 bridgehead atoms. The van der Waals surface area contributed by atoms with Gasteiger partial charge < -0.3 is 10.1 Å². The van der Waals surface area contributed by atoms with Crippen LogP contribution in [-0.2, 0) is 14.8 Å². The Morgan fingerprint density at radius 3 is 2.70 bits per heavy atom. The molecule has 0 spiro atoms. The molecule has 0 saturated carbocycles. The SMILES string of the molecule is Cc1ccc(NC2CCOC(C)(C)C2)cc1S(N)(=O)=O. The van der Waals surface area contributed by atoms with Crippen LogP contribution in [0.3, 0.4) is 0 Å². The molecule has 0 aliphatic carbocycles. The number of rotatable bonds is 3. The maximum Gasteiger partial charge on any atom is 0.238 e. The van der Waals surface area contributed by atoms with E-state index in [1.54, 1.807) is 19.1 Å². The van der Waals surface area contributed by atoms with Crippen LogP contribution in [0.5, 0.6) is 0 Å². The summed E-state index contributed by atoms with van der Waals surface area (Å²) in [6.07, 6.45) is 1.79. The van der Waals surface area contributed by atoms with E-state index in [2.05, 4.69) is 19.2 Å². The fourth-order valence-corrected chi connectivity index (χ4v) is 3.40. The van der Waals surface area contributed by atoms with Crippen molar-refractivity contribution >= 4 is 15.7 Å². The molecule has 1 fully saturated rings. The summed E-state index contributed by atoms with van der Waals surface area (Å²) in [5.41, 5.74) is 1.29. The van der Waals surface area contributed by atoms with Crippen LogP contribution in [0, 0.1) is 6.92 Å². The Labute approximate surface area is 120 Å². The molecule has 0 amide bonds. The van der Waals surface area contributed by atoms with Crippen molar-refractivity contribution in [2.75, 3.05) is 11.9 Å². The Kier molecular flexibility index (Phi) is 4.09. The average Bonchev–Trinajstić information content (AvgIpc) is 2.29. The molecule has 2 rings (SSSR count). The summed E-state index contributed by atoms with van der Waals surface area (Å²) in [5.74, 6) is 0. The first kappa shape index (κ1) is 15.3. The maximum atomic E-state index is 11.5. The number of aryl methyl sites for hydroxylation is 1. The molecule has 1 aromatic rings. The van der Waals surface area contributed by atoms with Crippen LogP contribution < -0.4 is 10.5 Å². The number of hydrogen-bond donors (Lipinski definition) is 2. The third-order valence-corrected chi connectivity index (χ3v) is 4.62. The second-order valence-corrected chi connectivity index (χ2v) is 7.50. The van der Waals surface area contributed by atoms with Crippen LogP contribution in [-0.4, -0.2) is 26.7 Å². The van der Waals surface area contributed by atoms with Crippen molar-refractivity contribution in [3.8, 4) is 0 Å². The standard InChI is InChI=1S/C14H22N2O3S/c1-10-4-5-11(8-13(10)20(15,17)18)16-12-6-7-19-14(2,3)9-12/h4-5,8,12,16H,6-7,9H2,1-3H3,(H2,15,17,18). The first-order valence-electron chi connectivity index (χ1n) is 6.71. The molecule has 1 heterocycles. The minimum atomic E-state index is -3.68. The van der Waals surface area contributed by atoms with Gasteiger partial charge in [0.25, 0.3) is 0 Å². The van der Waals surface area contributed by atoms with E-state index in [0.717, 1.165) is 18.5 Å². The molecule has 1 aliphatic rings. The van der Waals surface area contributed by atoms with Crippen LogP contribution in [0.25, 0.3) is 0 Å². The summed E-state index contributed by atoms with van der Waals surface area (Å²) in [5, 5.41) is 8.60. The Balaban J connectivity index is 2.18. The first-order valence-corrected chi connectivity index (χ1v) is 8.26. The van der Waals surface area contributed by atoms with Crippen molar-refractivity contribution in [1.29, 1.82) is 0 Å². The van der Waals surface area contributed by atoms with Gasteiger partial charge in [-0.3, -0.25) is 0 Å². The number of nitrogens with one attached hydrogen (secondary N) is 1. The number of anilines is 1. The highest BCUT2D eigenvalue weighted by atomic mass is 32.2. The molecule has 1 aromatic carbocycles. The maximum absolute atomic E-state index is 11.5. The normalized spacial score (nSPS) is 22.5. The smallest absolute Gasteiger partial charge is 0.238 e. The van der Waals surface area contributed by atoms with Gasteiger partial charge in [0.1, 0.15) is 0 Å². The van der Waals surface area contributed by atoms with E-state index in [0.29, 0.717) is 12.2 Å². The first-order chi connectivity index (χ1) is 9.17. The van der Waals surface area contributed by atoms with Gasteiger partial charge in [-0.15, -0.1) is 0 Å². The highest BCUT2D eigenvalue weighted by Gasteiger charge is 2.28. The van der Waals surface area contributed by atoms with E-state index in [1.807, 2.05) is 6.07 Å². The predicted molar refractivity (Wildman–Crippen MR) is 79.2 cm³/mol. The van der Waals surface area contributed by atoms with E-state index in [9.17, 15) is 8.42 Å². The molecule has 0 aromatic heterocycles. The summed E-state index contributed by atoms with van der Waals surface area (Å²) in [7, 11) is -3.68. The summed E-state index contributed by atoms with van der Waals surface area (Å²) in [6, 6.07) is 5.53. The predicted octanol–water partition coefficient (Wildman–Crippen LogP) is 2.01. The minimum absolute atomic E-state index is 0.149. The number of nitrogens with two attached hydrogens (primary N) is 1. The van der Waals surface area contributed by atoms with E-state index in [1.165, 1.54) is 0 Å². The molecular weight excluding hydrogens is 276 g/mol. The zero-order chi connectivity index (χ0) is 15.0. The van der Waals surface area contributed by atoms with Crippen LogP contribution >= 0.6 is 0 Å². The molecule has 3 N–H and O–H groups in total. The average molecular weight is 298 g/mol. The number of ether oxygens (including phenoxy) is 1. The van der Waals surface area contributed by atoms with Crippen molar-refractivity contribution in [3.05, 3.63) is 23.8 Å². The molecule has 5 nitrogen and oxygen atoms in total. The lowest BCUT2D eigenvalue weighted by molar-refractivity contribution is -0.0553. The summed E-state index contributed by atoms with van der Waals surface area (Å²) >= 11 is 0. The van der Waals surface area contributed by atoms with Gasteiger partial charge in [0.05, 0.1) is 10.5 Å². The largest absolute Gasteiger partial charge is 0.382 e. The number of sulfonamides is 1. The quantitative estimate of drug-likeness (QED) is 0.894. The van der Waals surface area contributed by atoms with Crippen molar-refractivity contribution in [3.63, 3.8) is 0 Å². The van der Waals surface area contributed by atoms with Gasteiger partial charge in [0, 0.05) is 18.3 Å². The van der Waals surface area contributed by atoms with Gasteiger partial charge in [0.15, 0.2) is 0 Å². The van der Waals surface area contributed by atoms with Crippen LogP contribution in [0.1, 0.15) is 32.3 Å². The zero-order valence-corrected chi connectivity index (χ0v) is 13.0. The number of hydrogen-bond acceptors (Lipinski definition) is 4. The lowest BCUT2D eigenvalue weighted by Crippen LogP contribution is -2.40. The van der Waals surface area contributed by atoms with Gasteiger partial charge in [-0.1, -0.05) is 6.07 Å². The molecular formula is C14H22N2O3S. The molecule has 6 heteroatoms. The Bertz CT molecular complexity index is 596. The van der Waals surface area contributed by atoms with Gasteiger partial charge in [-0.2, -0.15) is 0 Å². The van der Waals surface area contributed by atoms with Crippen LogP contribution in [0.4, 0.5) is 5.69 Å². The van der Waals surface area contributed by atoms with Crippen LogP contribution in [0.15, 0.2) is 23.1 Å². The molecule has 1 atom stereocenters. The number of benzene rings is 1. The summed E-state index contributed by atoms with van der Waals surface area (Å²) in [6.45, 7) is 6.57. The Morgan fingerprint density at radius 2 is 2.10 bits per heavy atom. The van der Waals surface area contributed by atoms with Gasteiger partial charge in [-0.05, 0) is 51.3 Å². The molecule has 0 radical (unpaired) electrons. The second kappa shape index (κ2) is 5.35. The van der Waals surface area contributed by atoms with Crippen molar-refractivity contribution in [2.24, 2.45) is 5.14 Å². The monoisotopic (exact) mass is 298 g/mol. The molecule has 1 unspecified atom stereocenters. The third-order valence-electron chi connectivity index (χ3n) is 3.56. The lowest BCUT2D eigenvalue weighted by atomic mass is 9.94. The van der Waals surface area contributed by atoms with Crippen molar-refractivity contribution in [2.45, 2.75) is 50.2 Å². The summed E-state index contributed by atoms with van der Waals surface area (Å²) < 4.78 is 28.7. The van der Waals surface area contributed by atoms with Crippen molar-refractivity contribution in [1.82, 2.24) is 0 Å². The molecule has 112 valence electrons. The van der Waals surface area contributed by atoms with E-state index in [4.69, 9.17) is 9.88 Å². The summed E-state index contributed by atoms with van der Waals surface area (Å²) in [4.78, 5) is 0.175. The second-order valence-electron chi connectivity index (χ2n) is 5.97. The highest BCUT2D eigenvalue weighted by Crippen LogP contribution is 2.27. The minimum Gasteiger partial charge on any atom is -0.382 e. The lowest BCUT2D eigenvalue weighted by Gasteiger charge is -2.36. The Hall–Kier alpha value is -1.11. The fraction of sp³-hybridized carbons (Fsp3) is 0.571. The molecule has 1 saturated heterocycles. The highest BCUT2D eigenvalue weighted by molar-refractivity contribution is 7.89. The van der Waals surface area contributed by atoms with E-state index in [-0.39, 0.29) is 16.5 Å². The van der Waals surface area contributed by atoms with Gasteiger partial charge in [-0.25, -0.2) is 13.6 Å². The van der Waals surface area contributed by atoms with Gasteiger partial charge in [0.2, 0.25) is 10.0 Å². The zero-order valence-electron chi connectivity index (χ0n) is 12.1. The topological polar surface area (TPSA) is 81.4 Å². The van der Waals surface area contributed by atoms with Gasteiger partial charge >= 0.3 is 0 Å². The third kappa shape index (κ3) is 3.71. The van der Waals surface area contributed by atoms with Crippen LogP contribution in [0.2, 0.25) is 0 Å². The van der Waals surface area contributed by atoms with Crippen molar-refractivity contribution < 1.29 is 13.2 Å². The molecule has 1 aliphatic heterocycles. The van der Waals surface area contributed by atoms with E-state index < -0.39 is 10.0 Å².